The number of carbonyl (C=O) groups is 1. The molecule has 0 radical (unpaired) electrons. The molecule has 3 rings (SSSR count). The number of hydrogen-bond acceptors (Lipinski definition) is 9. The Labute approximate surface area is 165 Å². The normalized spacial score (nSPS) is 10.4. The Morgan fingerprint density at radius 3 is 2.72 bits per heavy atom. The zero-order chi connectivity index (χ0) is 20.6. The third-order valence-electron chi connectivity index (χ3n) is 3.91. The van der Waals surface area contributed by atoms with Crippen LogP contribution in [0.4, 0.5) is 11.5 Å². The van der Waals surface area contributed by atoms with Gasteiger partial charge in [-0.15, -0.1) is 0 Å². The van der Waals surface area contributed by atoms with E-state index in [2.05, 4.69) is 25.0 Å². The number of imidazole rings is 1. The molecule has 0 aliphatic carbocycles. The number of anilines is 1. The molecule has 1 aromatic carbocycles. The number of nitrogens with zero attached hydrogens (tertiary/aromatic N) is 5. The number of nitro groups is 1. The molecule has 11 nitrogen and oxygen atoms in total. The third kappa shape index (κ3) is 5.03. The molecule has 2 heterocycles. The maximum atomic E-state index is 11.6. The zero-order valence-corrected chi connectivity index (χ0v) is 15.5. The summed E-state index contributed by atoms with van der Waals surface area (Å²) in [6.45, 7) is 1.17. The van der Waals surface area contributed by atoms with Crippen LogP contribution < -0.4 is 10.1 Å². The highest BCUT2D eigenvalue weighted by molar-refractivity contribution is 5.89. The highest BCUT2D eigenvalue weighted by Gasteiger charge is 2.25. The number of aryl methyl sites for hydroxylation is 1. The summed E-state index contributed by atoms with van der Waals surface area (Å²) in [5, 5.41) is 14.5. The summed E-state index contributed by atoms with van der Waals surface area (Å²) < 4.78 is 12.1. The monoisotopic (exact) mass is 398 g/mol. The van der Waals surface area contributed by atoms with Crippen molar-refractivity contribution in [2.45, 2.75) is 13.0 Å². The Morgan fingerprint density at radius 1 is 1.28 bits per heavy atom. The Bertz CT molecular complexity index is 975. The molecule has 3 aromatic rings. The Balaban J connectivity index is 1.70. The van der Waals surface area contributed by atoms with Gasteiger partial charge in [-0.25, -0.2) is 14.8 Å². The molecule has 1 N–H and O–H groups in total. The minimum atomic E-state index is -0.601. The number of methoxy groups -OCH3 is 1. The van der Waals surface area contributed by atoms with E-state index in [9.17, 15) is 14.9 Å². The minimum Gasteiger partial charge on any atom is -0.465 e. The third-order valence-corrected chi connectivity index (χ3v) is 3.91. The summed E-state index contributed by atoms with van der Waals surface area (Å²) in [5.74, 6) is -0.345. The predicted octanol–water partition coefficient (Wildman–Crippen LogP) is 2.66. The van der Waals surface area contributed by atoms with Crippen molar-refractivity contribution in [2.75, 3.05) is 19.0 Å². The summed E-state index contributed by atoms with van der Waals surface area (Å²) in [6, 6.07) is 5.97. The topological polar surface area (TPSA) is 134 Å². The number of ether oxygens (including phenoxy) is 2. The van der Waals surface area contributed by atoms with Crippen molar-refractivity contribution < 1.29 is 19.2 Å². The molecular formula is C18H18N6O5. The first-order valence-electron chi connectivity index (χ1n) is 8.63. The Morgan fingerprint density at radius 2 is 2.07 bits per heavy atom. The number of esters is 1. The van der Waals surface area contributed by atoms with Crippen molar-refractivity contribution in [1.29, 1.82) is 0 Å². The van der Waals surface area contributed by atoms with E-state index >= 15 is 0 Å². The molecule has 0 amide bonds. The van der Waals surface area contributed by atoms with Crippen LogP contribution in [-0.4, -0.2) is 44.1 Å². The molecule has 0 fully saturated rings. The van der Waals surface area contributed by atoms with Crippen LogP contribution in [0.15, 0.2) is 49.3 Å². The minimum absolute atomic E-state index is 0.0665. The highest BCUT2D eigenvalue weighted by atomic mass is 16.6. The number of nitrogens with one attached hydrogen (secondary N) is 1. The van der Waals surface area contributed by atoms with Crippen LogP contribution in [0.5, 0.6) is 11.6 Å². The molecule has 0 bridgehead atoms. The van der Waals surface area contributed by atoms with E-state index in [0.29, 0.717) is 25.1 Å². The van der Waals surface area contributed by atoms with Crippen LogP contribution in [0.3, 0.4) is 0 Å². The smallest absolute Gasteiger partial charge is 0.373 e. The van der Waals surface area contributed by atoms with Gasteiger partial charge in [-0.2, -0.15) is 4.98 Å². The van der Waals surface area contributed by atoms with E-state index in [1.54, 1.807) is 12.5 Å². The fourth-order valence-corrected chi connectivity index (χ4v) is 2.51. The van der Waals surface area contributed by atoms with Crippen molar-refractivity contribution in [2.24, 2.45) is 0 Å². The van der Waals surface area contributed by atoms with Gasteiger partial charge in [0.25, 0.3) is 0 Å². The zero-order valence-electron chi connectivity index (χ0n) is 15.5. The second-order valence-electron chi connectivity index (χ2n) is 5.83. The van der Waals surface area contributed by atoms with Crippen LogP contribution in [0, 0.1) is 10.1 Å². The summed E-state index contributed by atoms with van der Waals surface area (Å²) in [5.41, 5.74) is -0.0375. The quantitative estimate of drug-likeness (QED) is 0.250. The van der Waals surface area contributed by atoms with Gasteiger partial charge in [-0.3, -0.25) is 10.1 Å². The average molecular weight is 398 g/mol. The first kappa shape index (κ1) is 19.7. The van der Waals surface area contributed by atoms with Crippen molar-refractivity contribution in [3.8, 4) is 11.6 Å². The molecule has 0 saturated heterocycles. The lowest BCUT2D eigenvalue weighted by Crippen LogP contribution is -2.10. The van der Waals surface area contributed by atoms with Gasteiger partial charge in [0.2, 0.25) is 5.82 Å². The molecule has 0 aliphatic heterocycles. The van der Waals surface area contributed by atoms with Crippen LogP contribution in [0.2, 0.25) is 0 Å². The van der Waals surface area contributed by atoms with E-state index in [4.69, 9.17) is 4.74 Å². The average Bonchev–Trinajstić information content (AvgIpc) is 3.24. The largest absolute Gasteiger partial charge is 0.465 e. The molecule has 2 aromatic heterocycles. The van der Waals surface area contributed by atoms with Gasteiger partial charge in [-0.1, -0.05) is 0 Å². The highest BCUT2D eigenvalue weighted by Crippen LogP contribution is 2.34. The summed E-state index contributed by atoms with van der Waals surface area (Å²) in [6.07, 6.45) is 7.12. The molecular weight excluding hydrogens is 380 g/mol. The van der Waals surface area contributed by atoms with Crippen LogP contribution >= 0.6 is 0 Å². The van der Waals surface area contributed by atoms with Crippen LogP contribution in [0.1, 0.15) is 16.8 Å². The van der Waals surface area contributed by atoms with Gasteiger partial charge in [0.15, 0.2) is 0 Å². The fraction of sp³-hybridized carbons (Fsp3) is 0.222. The van der Waals surface area contributed by atoms with E-state index in [0.717, 1.165) is 0 Å². The predicted molar refractivity (Wildman–Crippen MR) is 102 cm³/mol. The second-order valence-corrected chi connectivity index (χ2v) is 5.83. The van der Waals surface area contributed by atoms with Gasteiger partial charge in [-0.05, 0) is 30.7 Å². The molecule has 150 valence electrons. The number of rotatable bonds is 9. The fourth-order valence-electron chi connectivity index (χ4n) is 2.51. The molecule has 0 spiro atoms. The lowest BCUT2D eigenvalue weighted by Gasteiger charge is -2.10. The van der Waals surface area contributed by atoms with E-state index < -0.39 is 10.9 Å². The summed E-state index contributed by atoms with van der Waals surface area (Å²) in [7, 11) is 1.28. The molecule has 0 aliphatic rings. The van der Waals surface area contributed by atoms with E-state index in [1.165, 1.54) is 37.7 Å². The van der Waals surface area contributed by atoms with Crippen molar-refractivity contribution in [3.63, 3.8) is 0 Å². The van der Waals surface area contributed by atoms with E-state index in [-0.39, 0.29) is 23.1 Å². The van der Waals surface area contributed by atoms with Crippen LogP contribution in [0.25, 0.3) is 0 Å². The molecule has 0 atom stereocenters. The maximum absolute atomic E-state index is 11.6. The first-order valence-corrected chi connectivity index (χ1v) is 8.63. The lowest BCUT2D eigenvalue weighted by atomic mass is 10.2. The Kier molecular flexibility index (Phi) is 6.30. The van der Waals surface area contributed by atoms with Crippen molar-refractivity contribution in [3.05, 3.63) is 65.0 Å². The van der Waals surface area contributed by atoms with Crippen LogP contribution in [-0.2, 0) is 11.3 Å². The van der Waals surface area contributed by atoms with Gasteiger partial charge in [0, 0.05) is 25.5 Å². The summed E-state index contributed by atoms with van der Waals surface area (Å²) >= 11 is 0. The number of carbonyl (C=O) groups excluding carboxylic acids is 1. The number of aromatic nitrogens is 4. The number of benzene rings is 1. The molecule has 0 unspecified atom stereocenters. The summed E-state index contributed by atoms with van der Waals surface area (Å²) in [4.78, 5) is 34.2. The van der Waals surface area contributed by atoms with Gasteiger partial charge in [0.1, 0.15) is 12.1 Å². The van der Waals surface area contributed by atoms with E-state index in [1.807, 2.05) is 10.8 Å². The molecule has 11 heteroatoms. The Hall–Kier alpha value is -4.02. The maximum Gasteiger partial charge on any atom is 0.373 e. The van der Waals surface area contributed by atoms with Gasteiger partial charge < -0.3 is 19.4 Å². The number of hydrogen-bond donors (Lipinski definition) is 1. The first-order chi connectivity index (χ1) is 14.1. The molecule has 0 saturated carbocycles. The van der Waals surface area contributed by atoms with Gasteiger partial charge in [0.05, 0.1) is 23.9 Å². The van der Waals surface area contributed by atoms with Crippen molar-refractivity contribution >= 4 is 17.5 Å². The van der Waals surface area contributed by atoms with Crippen molar-refractivity contribution in [1.82, 2.24) is 19.5 Å². The van der Waals surface area contributed by atoms with Gasteiger partial charge >= 0.3 is 17.5 Å². The standard InChI is InChI=1S/C18H18N6O5/c1-28-18(25)13-3-5-14(6-4-13)29-17-15(24(26)27)16(21-11-22-17)20-7-2-9-23-10-8-19-12-23/h3-6,8,10-12H,2,7,9H2,1H3,(H,20,21,22). The SMILES string of the molecule is COC(=O)c1ccc(Oc2ncnc(NCCCn3ccnc3)c2[N+](=O)[O-])cc1. The molecule has 29 heavy (non-hydrogen) atoms. The lowest BCUT2D eigenvalue weighted by molar-refractivity contribution is -0.385. The second kappa shape index (κ2) is 9.26.